The van der Waals surface area contributed by atoms with Gasteiger partial charge in [0.25, 0.3) is 0 Å². The number of halogens is 1. The first-order valence-electron chi connectivity index (χ1n) is 6.27. The summed E-state index contributed by atoms with van der Waals surface area (Å²) in [6, 6.07) is 6.47. The maximum Gasteiger partial charge on any atom is 0.303 e. The van der Waals surface area contributed by atoms with E-state index in [0.29, 0.717) is 6.54 Å². The van der Waals surface area contributed by atoms with Crippen LogP contribution < -0.4 is 4.90 Å². The highest BCUT2D eigenvalue weighted by molar-refractivity contribution is 5.68. The molecule has 0 amide bonds. The number of carboxylic acid groups (broad SMARTS) is 1. The van der Waals surface area contributed by atoms with Gasteiger partial charge in [0.1, 0.15) is 5.82 Å². The number of hydrogen-bond acceptors (Lipinski definition) is 2. The van der Waals surface area contributed by atoms with Crippen molar-refractivity contribution in [3.63, 3.8) is 0 Å². The van der Waals surface area contributed by atoms with E-state index >= 15 is 0 Å². The molecule has 0 saturated heterocycles. The first-order valence-corrected chi connectivity index (χ1v) is 6.27. The smallest absolute Gasteiger partial charge is 0.303 e. The van der Waals surface area contributed by atoms with Gasteiger partial charge >= 0.3 is 5.97 Å². The molecule has 1 aliphatic rings. The summed E-state index contributed by atoms with van der Waals surface area (Å²) < 4.78 is 13.2. The van der Waals surface area contributed by atoms with E-state index < -0.39 is 5.97 Å². The minimum atomic E-state index is -0.747. The third kappa shape index (κ3) is 3.00. The Labute approximate surface area is 106 Å². The van der Waals surface area contributed by atoms with E-state index in [4.69, 9.17) is 5.11 Å². The predicted octanol–water partition coefficient (Wildman–Crippen LogP) is 2.91. The Morgan fingerprint density at radius 3 is 2.72 bits per heavy atom. The lowest BCUT2D eigenvalue weighted by Gasteiger charge is -2.27. The van der Waals surface area contributed by atoms with E-state index in [1.165, 1.54) is 12.1 Å². The summed E-state index contributed by atoms with van der Waals surface area (Å²) in [4.78, 5) is 12.9. The molecule has 0 unspecified atom stereocenters. The molecule has 18 heavy (non-hydrogen) atoms. The van der Waals surface area contributed by atoms with Crippen molar-refractivity contribution in [2.75, 3.05) is 18.0 Å². The Hall–Kier alpha value is -1.58. The first kappa shape index (κ1) is 12.9. The Kier molecular flexibility index (Phi) is 3.55. The number of carbonyl (C=O) groups is 1. The normalized spacial score (nSPS) is 16.3. The van der Waals surface area contributed by atoms with Crippen LogP contribution >= 0.6 is 0 Å². The number of carboxylic acids is 1. The van der Waals surface area contributed by atoms with Crippen molar-refractivity contribution in [3.05, 3.63) is 30.1 Å². The summed E-state index contributed by atoms with van der Waals surface area (Å²) in [5, 5.41) is 8.91. The van der Waals surface area contributed by atoms with Crippen LogP contribution in [-0.2, 0) is 4.79 Å². The second-order valence-corrected chi connectivity index (χ2v) is 5.06. The number of hydrogen-bond donors (Lipinski definition) is 1. The second kappa shape index (κ2) is 4.96. The summed E-state index contributed by atoms with van der Waals surface area (Å²) >= 11 is 0. The minimum Gasteiger partial charge on any atom is -0.481 e. The van der Waals surface area contributed by atoms with Crippen molar-refractivity contribution in [2.45, 2.75) is 26.2 Å². The molecule has 2 rings (SSSR count). The SMILES string of the molecule is CCN(CC1(CC(=O)O)CC1)c1cccc(F)c1. The molecular formula is C14H18FNO2. The van der Waals surface area contributed by atoms with Crippen LogP contribution in [0.25, 0.3) is 0 Å². The van der Waals surface area contributed by atoms with Gasteiger partial charge in [-0.15, -0.1) is 0 Å². The molecule has 1 N–H and O–H groups in total. The van der Waals surface area contributed by atoms with Crippen LogP contribution in [0.3, 0.4) is 0 Å². The Balaban J connectivity index is 2.08. The molecule has 4 heteroatoms. The standard InChI is InChI=1S/C14H18FNO2/c1-2-16(12-5-3-4-11(15)8-12)10-14(6-7-14)9-13(17)18/h3-5,8H,2,6-7,9-10H2,1H3,(H,17,18). The summed E-state index contributed by atoms with van der Waals surface area (Å²) in [5.74, 6) is -1.00. The first-order chi connectivity index (χ1) is 8.54. The van der Waals surface area contributed by atoms with Crippen molar-refractivity contribution in [1.82, 2.24) is 0 Å². The number of aliphatic carboxylic acids is 1. The topological polar surface area (TPSA) is 40.5 Å². The van der Waals surface area contributed by atoms with Gasteiger partial charge in [0.05, 0.1) is 6.42 Å². The van der Waals surface area contributed by atoms with Gasteiger partial charge in [-0.1, -0.05) is 6.07 Å². The molecule has 0 heterocycles. The van der Waals surface area contributed by atoms with Gasteiger partial charge in [0, 0.05) is 18.8 Å². The van der Waals surface area contributed by atoms with Gasteiger partial charge in [0.2, 0.25) is 0 Å². The van der Waals surface area contributed by atoms with Crippen molar-refractivity contribution >= 4 is 11.7 Å². The molecule has 0 aromatic heterocycles. The van der Waals surface area contributed by atoms with Gasteiger partial charge in [-0.05, 0) is 43.4 Å². The predicted molar refractivity (Wildman–Crippen MR) is 68.2 cm³/mol. The average molecular weight is 251 g/mol. The van der Waals surface area contributed by atoms with E-state index in [2.05, 4.69) is 4.90 Å². The molecule has 1 aromatic rings. The van der Waals surface area contributed by atoms with Crippen molar-refractivity contribution in [1.29, 1.82) is 0 Å². The maximum absolute atomic E-state index is 13.2. The van der Waals surface area contributed by atoms with Crippen LogP contribution in [-0.4, -0.2) is 24.2 Å². The van der Waals surface area contributed by atoms with Crippen LogP contribution in [0.1, 0.15) is 26.2 Å². The van der Waals surface area contributed by atoms with Crippen LogP contribution in [0, 0.1) is 11.2 Å². The quantitative estimate of drug-likeness (QED) is 0.845. The fraction of sp³-hybridized carbons (Fsp3) is 0.500. The van der Waals surface area contributed by atoms with Gasteiger partial charge in [-0.2, -0.15) is 0 Å². The van der Waals surface area contributed by atoms with Gasteiger partial charge in [0.15, 0.2) is 0 Å². The molecule has 0 aliphatic heterocycles. The van der Waals surface area contributed by atoms with Gasteiger partial charge in [-0.25, -0.2) is 4.39 Å². The zero-order valence-electron chi connectivity index (χ0n) is 10.5. The lowest BCUT2D eigenvalue weighted by atomic mass is 10.0. The minimum absolute atomic E-state index is 0.103. The fourth-order valence-electron chi connectivity index (χ4n) is 2.35. The average Bonchev–Trinajstić information content (AvgIpc) is 3.05. The molecule has 1 saturated carbocycles. The molecule has 0 radical (unpaired) electrons. The highest BCUT2D eigenvalue weighted by Crippen LogP contribution is 2.49. The third-order valence-corrected chi connectivity index (χ3v) is 3.56. The number of nitrogens with zero attached hydrogens (tertiary/aromatic N) is 1. The van der Waals surface area contributed by atoms with Crippen molar-refractivity contribution in [3.8, 4) is 0 Å². The van der Waals surface area contributed by atoms with Crippen LogP contribution in [0.2, 0.25) is 0 Å². The highest BCUT2D eigenvalue weighted by atomic mass is 19.1. The fourth-order valence-corrected chi connectivity index (χ4v) is 2.35. The summed E-state index contributed by atoms with van der Waals surface area (Å²) in [6.45, 7) is 3.45. The second-order valence-electron chi connectivity index (χ2n) is 5.06. The molecule has 0 bridgehead atoms. The monoisotopic (exact) mass is 251 g/mol. The molecule has 0 spiro atoms. The van der Waals surface area contributed by atoms with Crippen molar-refractivity contribution < 1.29 is 14.3 Å². The lowest BCUT2D eigenvalue weighted by molar-refractivity contribution is -0.138. The Morgan fingerprint density at radius 2 is 2.22 bits per heavy atom. The van der Waals surface area contributed by atoms with E-state index in [9.17, 15) is 9.18 Å². The summed E-state index contributed by atoms with van der Waals surface area (Å²) in [6.07, 6.45) is 2.11. The maximum atomic E-state index is 13.2. The summed E-state index contributed by atoms with van der Waals surface area (Å²) in [7, 11) is 0. The Morgan fingerprint density at radius 1 is 1.50 bits per heavy atom. The lowest BCUT2D eigenvalue weighted by Crippen LogP contribution is -2.31. The molecule has 0 atom stereocenters. The largest absolute Gasteiger partial charge is 0.481 e. The molecular weight excluding hydrogens is 233 g/mol. The molecule has 1 fully saturated rings. The number of rotatable bonds is 6. The number of anilines is 1. The van der Waals surface area contributed by atoms with Crippen LogP contribution in [0.4, 0.5) is 10.1 Å². The van der Waals surface area contributed by atoms with E-state index in [0.717, 1.165) is 25.1 Å². The zero-order valence-corrected chi connectivity index (χ0v) is 10.5. The van der Waals surface area contributed by atoms with Gasteiger partial charge in [-0.3, -0.25) is 4.79 Å². The third-order valence-electron chi connectivity index (χ3n) is 3.56. The zero-order chi connectivity index (χ0) is 13.2. The number of benzene rings is 1. The molecule has 1 aromatic carbocycles. The molecule has 98 valence electrons. The molecule has 1 aliphatic carbocycles. The highest BCUT2D eigenvalue weighted by Gasteiger charge is 2.45. The Bertz CT molecular complexity index is 443. The molecule has 3 nitrogen and oxygen atoms in total. The van der Waals surface area contributed by atoms with E-state index in [1.807, 2.05) is 13.0 Å². The van der Waals surface area contributed by atoms with Crippen LogP contribution in [0.5, 0.6) is 0 Å². The van der Waals surface area contributed by atoms with Crippen molar-refractivity contribution in [2.24, 2.45) is 5.41 Å². The van der Waals surface area contributed by atoms with E-state index in [-0.39, 0.29) is 17.7 Å². The van der Waals surface area contributed by atoms with Gasteiger partial charge < -0.3 is 10.0 Å². The van der Waals surface area contributed by atoms with E-state index in [1.54, 1.807) is 6.07 Å². The van der Waals surface area contributed by atoms with Crippen LogP contribution in [0.15, 0.2) is 24.3 Å². The summed E-state index contributed by atoms with van der Waals surface area (Å²) in [5.41, 5.74) is 0.725.